The highest BCUT2D eigenvalue weighted by atomic mass is 35.5. The van der Waals surface area contributed by atoms with Gasteiger partial charge in [0.25, 0.3) is 0 Å². The van der Waals surface area contributed by atoms with Crippen LogP contribution in [0.15, 0.2) is 42.5 Å². The van der Waals surface area contributed by atoms with E-state index < -0.39 is 11.7 Å². The van der Waals surface area contributed by atoms with E-state index in [0.29, 0.717) is 24.5 Å². The second kappa shape index (κ2) is 9.13. The van der Waals surface area contributed by atoms with E-state index in [4.69, 9.17) is 11.6 Å². The first-order valence-electron chi connectivity index (χ1n) is 11.3. The van der Waals surface area contributed by atoms with Gasteiger partial charge in [-0.2, -0.15) is 13.2 Å². The second-order valence-corrected chi connectivity index (χ2v) is 9.73. The van der Waals surface area contributed by atoms with Gasteiger partial charge in [0, 0.05) is 36.4 Å². The van der Waals surface area contributed by atoms with Gasteiger partial charge in [0.15, 0.2) is 0 Å². The van der Waals surface area contributed by atoms with Gasteiger partial charge in [-0.05, 0) is 67.3 Å². The van der Waals surface area contributed by atoms with Crippen molar-refractivity contribution in [2.24, 2.45) is 0 Å². The van der Waals surface area contributed by atoms with Crippen molar-refractivity contribution in [3.8, 4) is 0 Å². The Bertz CT molecular complexity index is 1060. The molecule has 1 heterocycles. The van der Waals surface area contributed by atoms with Crippen LogP contribution in [0.2, 0.25) is 5.02 Å². The third-order valence-electron chi connectivity index (χ3n) is 7.19. The van der Waals surface area contributed by atoms with E-state index in [2.05, 4.69) is 6.07 Å². The molecule has 7 heteroatoms. The molecular formula is C26H27ClF3NO2. The maximum Gasteiger partial charge on any atom is 0.416 e. The lowest BCUT2D eigenvalue weighted by Crippen LogP contribution is -2.44. The molecule has 3 nitrogen and oxygen atoms in total. The van der Waals surface area contributed by atoms with Gasteiger partial charge in [0.1, 0.15) is 5.78 Å². The number of nitrogens with zero attached hydrogens (tertiary/aromatic N) is 1. The van der Waals surface area contributed by atoms with Crippen molar-refractivity contribution >= 4 is 23.3 Å². The summed E-state index contributed by atoms with van der Waals surface area (Å²) in [6.07, 6.45) is -1.52. The highest BCUT2D eigenvalue weighted by Gasteiger charge is 2.47. The maximum absolute atomic E-state index is 13.2. The fourth-order valence-electron chi connectivity index (χ4n) is 5.71. The van der Waals surface area contributed by atoms with Gasteiger partial charge < -0.3 is 9.69 Å². The molecule has 33 heavy (non-hydrogen) atoms. The Morgan fingerprint density at radius 1 is 1.09 bits per heavy atom. The number of likely N-dealkylation sites (tertiary alicyclic amines) is 1. The number of benzene rings is 2. The fraction of sp³-hybridized carbons (Fsp3) is 0.462. The molecule has 2 aromatic carbocycles. The van der Waals surface area contributed by atoms with Crippen LogP contribution in [0, 0.1) is 0 Å². The lowest BCUT2D eigenvalue weighted by atomic mass is 9.73. The average molecular weight is 478 g/mol. The molecule has 0 saturated carbocycles. The molecule has 1 spiro atoms. The van der Waals surface area contributed by atoms with E-state index in [9.17, 15) is 22.8 Å². The lowest BCUT2D eigenvalue weighted by molar-refractivity contribution is -0.139. The zero-order chi connectivity index (χ0) is 23.8. The van der Waals surface area contributed by atoms with Crippen molar-refractivity contribution in [1.82, 2.24) is 4.90 Å². The molecule has 0 bridgehead atoms. The van der Waals surface area contributed by atoms with Gasteiger partial charge in [-0.25, -0.2) is 0 Å². The maximum atomic E-state index is 13.2. The molecule has 1 fully saturated rings. The van der Waals surface area contributed by atoms with E-state index in [1.807, 2.05) is 12.1 Å². The number of piperidine rings is 1. The van der Waals surface area contributed by atoms with Crippen molar-refractivity contribution in [3.05, 3.63) is 69.7 Å². The third kappa shape index (κ3) is 4.81. The summed E-state index contributed by atoms with van der Waals surface area (Å²) in [4.78, 5) is 26.4. The summed E-state index contributed by atoms with van der Waals surface area (Å²) in [6, 6.07) is 11.3. The first-order chi connectivity index (χ1) is 15.6. The monoisotopic (exact) mass is 477 g/mol. The Balaban J connectivity index is 1.43. The zero-order valence-electron chi connectivity index (χ0n) is 18.6. The van der Waals surface area contributed by atoms with Crippen LogP contribution in [0.3, 0.4) is 0 Å². The number of amides is 1. The molecule has 0 N–H and O–H groups in total. The summed E-state index contributed by atoms with van der Waals surface area (Å²) >= 11 is 6.61. The summed E-state index contributed by atoms with van der Waals surface area (Å²) in [6.45, 7) is 2.68. The molecule has 1 saturated heterocycles. The minimum atomic E-state index is -4.43. The number of Topliss-reactive ketones (excluding diaryl/α,β-unsaturated/α-hetero) is 1. The summed E-state index contributed by atoms with van der Waals surface area (Å²) < 4.78 is 39.7. The lowest BCUT2D eigenvalue weighted by Gasteiger charge is -2.41. The molecule has 1 aliphatic heterocycles. The molecule has 2 aliphatic rings. The minimum Gasteiger partial charge on any atom is -0.343 e. The minimum absolute atomic E-state index is 0.0460. The third-order valence-corrected chi connectivity index (χ3v) is 7.51. The SMILES string of the molecule is CC(=O)CC1CC2(CCN(C(=O)CCc3ccccc3C(F)(F)F)CC2)c2c(Cl)cccc21. The second-order valence-electron chi connectivity index (χ2n) is 9.33. The first kappa shape index (κ1) is 23.8. The average Bonchev–Trinajstić information content (AvgIpc) is 3.05. The number of carbonyl (C=O) groups is 2. The van der Waals surface area contributed by atoms with Crippen molar-refractivity contribution in [3.63, 3.8) is 0 Å². The number of fused-ring (bicyclic) bond motifs is 2. The number of rotatable bonds is 5. The molecule has 1 aliphatic carbocycles. The van der Waals surface area contributed by atoms with Gasteiger partial charge >= 0.3 is 6.18 Å². The Hall–Kier alpha value is -2.34. The quantitative estimate of drug-likeness (QED) is 0.505. The summed E-state index contributed by atoms with van der Waals surface area (Å²) in [5.41, 5.74) is 1.57. The van der Waals surface area contributed by atoms with Gasteiger partial charge in [-0.15, -0.1) is 0 Å². The smallest absolute Gasteiger partial charge is 0.343 e. The molecular weight excluding hydrogens is 451 g/mol. The predicted molar refractivity (Wildman–Crippen MR) is 121 cm³/mol. The van der Waals surface area contributed by atoms with Crippen molar-refractivity contribution < 1.29 is 22.8 Å². The van der Waals surface area contributed by atoms with E-state index in [-0.39, 0.29) is 41.4 Å². The zero-order valence-corrected chi connectivity index (χ0v) is 19.3. The number of halogens is 4. The number of carbonyl (C=O) groups excluding carboxylic acids is 2. The molecule has 4 rings (SSSR count). The van der Waals surface area contributed by atoms with E-state index in [1.165, 1.54) is 12.1 Å². The Kier molecular flexibility index (Phi) is 6.59. The number of hydrogen-bond donors (Lipinski definition) is 0. The number of alkyl halides is 3. The van der Waals surface area contributed by atoms with Crippen LogP contribution in [0.5, 0.6) is 0 Å². The van der Waals surface area contributed by atoms with Gasteiger partial charge in [0.05, 0.1) is 5.56 Å². The molecule has 2 aromatic rings. The fourth-order valence-corrected chi connectivity index (χ4v) is 6.09. The highest BCUT2D eigenvalue weighted by Crippen LogP contribution is 2.55. The van der Waals surface area contributed by atoms with Gasteiger partial charge in [0.2, 0.25) is 5.91 Å². The van der Waals surface area contributed by atoms with Crippen molar-refractivity contribution in [2.45, 2.75) is 63.0 Å². The van der Waals surface area contributed by atoms with Crippen LogP contribution in [-0.4, -0.2) is 29.7 Å². The summed E-state index contributed by atoms with van der Waals surface area (Å²) in [5, 5.41) is 0.710. The van der Waals surface area contributed by atoms with Crippen LogP contribution in [-0.2, 0) is 27.6 Å². The molecule has 0 radical (unpaired) electrons. The van der Waals surface area contributed by atoms with E-state index >= 15 is 0 Å². The van der Waals surface area contributed by atoms with Crippen molar-refractivity contribution in [2.75, 3.05) is 13.1 Å². The topological polar surface area (TPSA) is 37.4 Å². The van der Waals surface area contributed by atoms with E-state index in [0.717, 1.165) is 36.5 Å². The summed E-state index contributed by atoms with van der Waals surface area (Å²) in [5.74, 6) is 0.159. The van der Waals surface area contributed by atoms with Crippen molar-refractivity contribution in [1.29, 1.82) is 0 Å². The number of hydrogen-bond acceptors (Lipinski definition) is 2. The molecule has 1 amide bonds. The van der Waals surface area contributed by atoms with Crippen LogP contribution in [0.1, 0.15) is 67.2 Å². The number of ketones is 1. The Labute approximate surface area is 196 Å². The molecule has 1 atom stereocenters. The molecule has 1 unspecified atom stereocenters. The highest BCUT2D eigenvalue weighted by molar-refractivity contribution is 6.31. The largest absolute Gasteiger partial charge is 0.416 e. The Morgan fingerprint density at radius 2 is 1.79 bits per heavy atom. The summed E-state index contributed by atoms with van der Waals surface area (Å²) in [7, 11) is 0. The molecule has 0 aromatic heterocycles. The van der Waals surface area contributed by atoms with Gasteiger partial charge in [-0.3, -0.25) is 4.79 Å². The van der Waals surface area contributed by atoms with Crippen LogP contribution < -0.4 is 0 Å². The standard InChI is InChI=1S/C26H27ClF3NO2/c1-17(32)15-19-16-25(24-20(19)6-4-8-22(24)27)11-13-31(14-12-25)23(33)10-9-18-5-2-3-7-21(18)26(28,29)30/h2-8,19H,9-16H2,1H3. The van der Waals surface area contributed by atoms with Gasteiger partial charge in [-0.1, -0.05) is 41.9 Å². The predicted octanol–water partition coefficient (Wildman–Crippen LogP) is 6.32. The van der Waals surface area contributed by atoms with Crippen LogP contribution >= 0.6 is 11.6 Å². The number of aryl methyl sites for hydroxylation is 1. The van der Waals surface area contributed by atoms with Crippen LogP contribution in [0.4, 0.5) is 13.2 Å². The first-order valence-corrected chi connectivity index (χ1v) is 11.7. The Morgan fingerprint density at radius 3 is 2.45 bits per heavy atom. The van der Waals surface area contributed by atoms with E-state index in [1.54, 1.807) is 17.9 Å². The van der Waals surface area contributed by atoms with Crippen LogP contribution in [0.25, 0.3) is 0 Å². The molecule has 176 valence electrons. The normalized spacial score (nSPS) is 19.5.